The van der Waals surface area contributed by atoms with E-state index in [1.165, 1.54) is 7.05 Å². The van der Waals surface area contributed by atoms with E-state index in [0.29, 0.717) is 12.6 Å². The molecular formula is C17H26N4O3. The Kier molecular flexibility index (Phi) is 4.62. The maximum atomic E-state index is 12.1. The number of amides is 1. The minimum absolute atomic E-state index is 0.144. The van der Waals surface area contributed by atoms with Crippen molar-refractivity contribution in [1.82, 2.24) is 18.9 Å². The molecule has 0 radical (unpaired) electrons. The zero-order chi connectivity index (χ0) is 17.4. The topological polar surface area (TPSA) is 67.6 Å². The first kappa shape index (κ1) is 17.0. The molecular weight excluding hydrogens is 308 g/mol. The van der Waals surface area contributed by atoms with Crippen LogP contribution in [0.2, 0.25) is 0 Å². The number of carbonyl (C=O) groups is 1. The van der Waals surface area contributed by atoms with Gasteiger partial charge in [0.15, 0.2) is 0 Å². The van der Waals surface area contributed by atoms with Crippen LogP contribution >= 0.6 is 0 Å². The summed E-state index contributed by atoms with van der Waals surface area (Å²) in [6, 6.07) is 2.12. The minimum Gasteiger partial charge on any atom is -0.338 e. The smallest absolute Gasteiger partial charge is 0.330 e. The van der Waals surface area contributed by atoms with E-state index in [9.17, 15) is 14.4 Å². The molecule has 0 aliphatic carbocycles. The van der Waals surface area contributed by atoms with E-state index < -0.39 is 0 Å². The molecule has 3 rings (SSSR count). The van der Waals surface area contributed by atoms with Crippen LogP contribution in [0.1, 0.15) is 38.3 Å². The van der Waals surface area contributed by atoms with Crippen molar-refractivity contribution in [3.05, 3.63) is 32.6 Å². The van der Waals surface area contributed by atoms with Gasteiger partial charge in [0.25, 0.3) is 5.56 Å². The van der Waals surface area contributed by atoms with Crippen molar-refractivity contribution in [3.8, 4) is 0 Å². The van der Waals surface area contributed by atoms with Gasteiger partial charge in [0.2, 0.25) is 5.91 Å². The fourth-order valence-electron chi connectivity index (χ4n) is 4.21. The second kappa shape index (κ2) is 6.55. The number of likely N-dealkylation sites (tertiary alicyclic amines) is 2. The lowest BCUT2D eigenvalue weighted by molar-refractivity contribution is -0.130. The molecule has 1 amide bonds. The van der Waals surface area contributed by atoms with Gasteiger partial charge in [-0.3, -0.25) is 23.6 Å². The zero-order valence-corrected chi connectivity index (χ0v) is 14.7. The van der Waals surface area contributed by atoms with Gasteiger partial charge in [0.05, 0.1) is 0 Å². The number of rotatable bonds is 3. The van der Waals surface area contributed by atoms with E-state index in [1.807, 2.05) is 4.90 Å². The number of aromatic nitrogens is 2. The van der Waals surface area contributed by atoms with Crippen molar-refractivity contribution in [1.29, 1.82) is 0 Å². The molecule has 7 nitrogen and oxygen atoms in total. The Labute approximate surface area is 141 Å². The van der Waals surface area contributed by atoms with E-state index >= 15 is 0 Å². The molecule has 0 aromatic carbocycles. The summed E-state index contributed by atoms with van der Waals surface area (Å²) < 4.78 is 2.67. The third-order valence-corrected chi connectivity index (χ3v) is 5.55. The van der Waals surface area contributed by atoms with E-state index in [1.54, 1.807) is 24.6 Å². The largest absolute Gasteiger partial charge is 0.338 e. The molecule has 1 aromatic heterocycles. The summed E-state index contributed by atoms with van der Waals surface area (Å²) >= 11 is 0. The zero-order valence-electron chi connectivity index (χ0n) is 14.7. The SMILES string of the molecule is CC(=O)N1CCC[C@@H]1[C@@H]1CCCN1Cc1cc(=O)n(C)c(=O)n1C. The third-order valence-electron chi connectivity index (χ3n) is 5.55. The molecule has 0 spiro atoms. The number of hydrogen-bond acceptors (Lipinski definition) is 4. The highest BCUT2D eigenvalue weighted by Gasteiger charge is 2.38. The van der Waals surface area contributed by atoms with Crippen LogP contribution in [0.4, 0.5) is 0 Å². The van der Waals surface area contributed by atoms with Gasteiger partial charge in [-0.15, -0.1) is 0 Å². The van der Waals surface area contributed by atoms with Crippen LogP contribution in [0.15, 0.2) is 15.7 Å². The third kappa shape index (κ3) is 2.92. The Morgan fingerprint density at radius 1 is 1.08 bits per heavy atom. The molecule has 0 N–H and O–H groups in total. The van der Waals surface area contributed by atoms with E-state index in [4.69, 9.17) is 0 Å². The molecule has 2 saturated heterocycles. The van der Waals surface area contributed by atoms with Crippen molar-refractivity contribution in [2.45, 2.75) is 51.2 Å². The second-order valence-corrected chi connectivity index (χ2v) is 6.98. The van der Waals surface area contributed by atoms with Gasteiger partial charge in [0, 0.05) is 58.0 Å². The first-order valence-electron chi connectivity index (χ1n) is 8.67. The molecule has 3 heterocycles. The van der Waals surface area contributed by atoms with Gasteiger partial charge in [-0.1, -0.05) is 0 Å². The summed E-state index contributed by atoms with van der Waals surface area (Å²) in [7, 11) is 3.20. The molecule has 132 valence electrons. The lowest BCUT2D eigenvalue weighted by Gasteiger charge is -2.34. The van der Waals surface area contributed by atoms with Crippen LogP contribution in [0.25, 0.3) is 0 Å². The maximum absolute atomic E-state index is 12.1. The van der Waals surface area contributed by atoms with Crippen LogP contribution in [-0.4, -0.2) is 50.0 Å². The van der Waals surface area contributed by atoms with Crippen LogP contribution in [-0.2, 0) is 25.4 Å². The Balaban J connectivity index is 1.84. The predicted octanol–water partition coefficient (Wildman–Crippen LogP) is 0.0593. The molecule has 0 bridgehead atoms. The summed E-state index contributed by atoms with van der Waals surface area (Å²) in [5, 5.41) is 0. The normalized spacial score (nSPS) is 24.7. The fraction of sp³-hybridized carbons (Fsp3) is 0.706. The molecule has 2 atom stereocenters. The summed E-state index contributed by atoms with van der Waals surface area (Å²) in [4.78, 5) is 40.3. The van der Waals surface area contributed by atoms with E-state index in [2.05, 4.69) is 4.90 Å². The molecule has 7 heteroatoms. The van der Waals surface area contributed by atoms with Crippen LogP contribution < -0.4 is 11.2 Å². The van der Waals surface area contributed by atoms with Gasteiger partial charge in [-0.05, 0) is 32.2 Å². The Morgan fingerprint density at radius 3 is 2.46 bits per heavy atom. The van der Waals surface area contributed by atoms with Gasteiger partial charge < -0.3 is 4.90 Å². The highest BCUT2D eigenvalue weighted by Crippen LogP contribution is 2.30. The van der Waals surface area contributed by atoms with Crippen molar-refractivity contribution in [2.75, 3.05) is 13.1 Å². The standard InChI is InChI=1S/C17H26N4O3/c1-12(22)21-9-5-7-15(21)14-6-4-8-20(14)11-13-10-16(23)19(3)17(24)18(13)2/h10,14-15H,4-9,11H2,1-3H3/t14-,15+/m0/s1. The second-order valence-electron chi connectivity index (χ2n) is 6.98. The highest BCUT2D eigenvalue weighted by atomic mass is 16.2. The Hall–Kier alpha value is -1.89. The van der Waals surface area contributed by atoms with E-state index in [0.717, 1.165) is 49.0 Å². The van der Waals surface area contributed by atoms with Gasteiger partial charge in [-0.25, -0.2) is 4.79 Å². The quantitative estimate of drug-likeness (QED) is 0.784. The van der Waals surface area contributed by atoms with Crippen molar-refractivity contribution < 1.29 is 4.79 Å². The summed E-state index contributed by atoms with van der Waals surface area (Å²) in [6.45, 7) is 4.00. The molecule has 2 aliphatic heterocycles. The van der Waals surface area contributed by atoms with Crippen LogP contribution in [0, 0.1) is 0 Å². The first-order chi connectivity index (χ1) is 11.4. The molecule has 1 aromatic rings. The number of nitrogens with zero attached hydrogens (tertiary/aromatic N) is 4. The maximum Gasteiger partial charge on any atom is 0.330 e. The van der Waals surface area contributed by atoms with Crippen molar-refractivity contribution in [2.24, 2.45) is 14.1 Å². The molecule has 2 aliphatic rings. The first-order valence-corrected chi connectivity index (χ1v) is 8.67. The minimum atomic E-state index is -0.292. The molecule has 24 heavy (non-hydrogen) atoms. The fourth-order valence-corrected chi connectivity index (χ4v) is 4.21. The lowest BCUT2D eigenvalue weighted by Crippen LogP contribution is -2.48. The highest BCUT2D eigenvalue weighted by molar-refractivity contribution is 5.74. The summed E-state index contributed by atoms with van der Waals surface area (Å²) in [5.74, 6) is 0.144. The predicted molar refractivity (Wildman–Crippen MR) is 90.8 cm³/mol. The summed E-state index contributed by atoms with van der Waals surface area (Å²) in [6.07, 6.45) is 4.24. The molecule has 0 unspecified atom stereocenters. The van der Waals surface area contributed by atoms with E-state index in [-0.39, 0.29) is 23.2 Å². The van der Waals surface area contributed by atoms with Crippen molar-refractivity contribution in [3.63, 3.8) is 0 Å². The number of hydrogen-bond donors (Lipinski definition) is 0. The average Bonchev–Trinajstić information content (AvgIpc) is 3.18. The Morgan fingerprint density at radius 2 is 1.75 bits per heavy atom. The van der Waals surface area contributed by atoms with Gasteiger partial charge in [0.1, 0.15) is 0 Å². The van der Waals surface area contributed by atoms with Gasteiger partial charge in [-0.2, -0.15) is 0 Å². The number of carbonyl (C=O) groups excluding carboxylic acids is 1. The summed E-state index contributed by atoms with van der Waals surface area (Å²) in [5.41, 5.74) is 0.178. The average molecular weight is 334 g/mol. The molecule has 0 saturated carbocycles. The molecule has 2 fully saturated rings. The van der Waals surface area contributed by atoms with Gasteiger partial charge >= 0.3 is 5.69 Å². The van der Waals surface area contributed by atoms with Crippen LogP contribution in [0.3, 0.4) is 0 Å². The lowest BCUT2D eigenvalue weighted by atomic mass is 10.0. The van der Waals surface area contributed by atoms with Crippen LogP contribution in [0.5, 0.6) is 0 Å². The monoisotopic (exact) mass is 334 g/mol. The van der Waals surface area contributed by atoms with Crippen molar-refractivity contribution >= 4 is 5.91 Å². The Bertz CT molecular complexity index is 751.